The lowest BCUT2D eigenvalue weighted by Crippen LogP contribution is -2.37. The minimum atomic E-state index is -0.126. The number of carbonyl (C=O) groups excluding carboxylic acids is 1. The summed E-state index contributed by atoms with van der Waals surface area (Å²) in [5.41, 5.74) is 0.957. The van der Waals surface area contributed by atoms with E-state index in [1.54, 1.807) is 0 Å². The SMILES string of the molecule is CC(C)Oc1ccc(NC2CCCCNC2=O)cc1. The van der Waals surface area contributed by atoms with E-state index in [1.807, 2.05) is 38.1 Å². The molecule has 0 bridgehead atoms. The normalized spacial score (nSPS) is 19.7. The second kappa shape index (κ2) is 6.45. The van der Waals surface area contributed by atoms with Crippen molar-refractivity contribution < 1.29 is 9.53 Å². The molecule has 0 saturated carbocycles. The monoisotopic (exact) mass is 262 g/mol. The molecule has 0 spiro atoms. The van der Waals surface area contributed by atoms with Gasteiger partial charge in [-0.3, -0.25) is 4.79 Å². The average molecular weight is 262 g/mol. The topological polar surface area (TPSA) is 50.4 Å². The third kappa shape index (κ3) is 4.16. The number of carbonyl (C=O) groups is 1. The number of hydrogen-bond donors (Lipinski definition) is 2. The van der Waals surface area contributed by atoms with Gasteiger partial charge in [-0.2, -0.15) is 0 Å². The van der Waals surface area contributed by atoms with Gasteiger partial charge in [-0.05, 0) is 57.4 Å². The molecule has 0 radical (unpaired) electrons. The van der Waals surface area contributed by atoms with Gasteiger partial charge in [-0.25, -0.2) is 0 Å². The van der Waals surface area contributed by atoms with Crippen LogP contribution in [0, 0.1) is 0 Å². The number of benzene rings is 1. The summed E-state index contributed by atoms with van der Waals surface area (Å²) in [6.07, 6.45) is 3.19. The molecule has 1 heterocycles. The fourth-order valence-electron chi connectivity index (χ4n) is 2.18. The number of rotatable bonds is 4. The molecule has 104 valence electrons. The predicted molar refractivity (Wildman–Crippen MR) is 76.5 cm³/mol. The average Bonchev–Trinajstić information content (AvgIpc) is 2.57. The van der Waals surface area contributed by atoms with Crippen LogP contribution in [0.2, 0.25) is 0 Å². The van der Waals surface area contributed by atoms with Crippen molar-refractivity contribution in [1.29, 1.82) is 0 Å². The molecule has 1 aromatic rings. The highest BCUT2D eigenvalue weighted by Gasteiger charge is 2.19. The molecule has 1 saturated heterocycles. The Labute approximate surface area is 114 Å². The Morgan fingerprint density at radius 2 is 2.00 bits per heavy atom. The van der Waals surface area contributed by atoms with Crippen molar-refractivity contribution in [1.82, 2.24) is 5.32 Å². The molecule has 1 aromatic carbocycles. The first-order valence-corrected chi connectivity index (χ1v) is 6.96. The Hall–Kier alpha value is -1.71. The summed E-state index contributed by atoms with van der Waals surface area (Å²) in [7, 11) is 0. The molecule has 0 aromatic heterocycles. The van der Waals surface area contributed by atoms with Crippen LogP contribution < -0.4 is 15.4 Å². The molecule has 1 aliphatic heterocycles. The zero-order valence-corrected chi connectivity index (χ0v) is 11.6. The van der Waals surface area contributed by atoms with E-state index in [1.165, 1.54) is 0 Å². The molecule has 1 amide bonds. The molecule has 2 N–H and O–H groups in total. The second-order valence-corrected chi connectivity index (χ2v) is 5.17. The first kappa shape index (κ1) is 13.7. The number of nitrogens with one attached hydrogen (secondary N) is 2. The van der Waals surface area contributed by atoms with Gasteiger partial charge in [0.15, 0.2) is 0 Å². The molecule has 2 rings (SSSR count). The van der Waals surface area contributed by atoms with Crippen LogP contribution in [0.1, 0.15) is 33.1 Å². The molecular weight excluding hydrogens is 240 g/mol. The molecule has 1 atom stereocenters. The van der Waals surface area contributed by atoms with E-state index in [4.69, 9.17) is 4.74 Å². The van der Waals surface area contributed by atoms with Gasteiger partial charge in [0.05, 0.1) is 6.10 Å². The lowest BCUT2D eigenvalue weighted by atomic mass is 10.1. The van der Waals surface area contributed by atoms with Crippen molar-refractivity contribution >= 4 is 11.6 Å². The van der Waals surface area contributed by atoms with Crippen molar-refractivity contribution in [2.45, 2.75) is 45.3 Å². The number of hydrogen-bond acceptors (Lipinski definition) is 3. The van der Waals surface area contributed by atoms with E-state index in [2.05, 4.69) is 10.6 Å². The van der Waals surface area contributed by atoms with Crippen molar-refractivity contribution in [3.63, 3.8) is 0 Å². The Balaban J connectivity index is 1.96. The third-order valence-corrected chi connectivity index (χ3v) is 3.10. The molecule has 19 heavy (non-hydrogen) atoms. The van der Waals surface area contributed by atoms with Crippen LogP contribution in [0.3, 0.4) is 0 Å². The minimum absolute atomic E-state index is 0.0972. The van der Waals surface area contributed by atoms with E-state index in [-0.39, 0.29) is 18.1 Å². The zero-order chi connectivity index (χ0) is 13.7. The van der Waals surface area contributed by atoms with Crippen LogP contribution in [0.25, 0.3) is 0 Å². The summed E-state index contributed by atoms with van der Waals surface area (Å²) in [6, 6.07) is 7.64. The highest BCUT2D eigenvalue weighted by atomic mass is 16.5. The van der Waals surface area contributed by atoms with Gasteiger partial charge >= 0.3 is 0 Å². The molecular formula is C15H22N2O2. The van der Waals surface area contributed by atoms with Crippen molar-refractivity contribution in [3.05, 3.63) is 24.3 Å². The molecule has 0 aliphatic carbocycles. The largest absolute Gasteiger partial charge is 0.491 e. The van der Waals surface area contributed by atoms with E-state index < -0.39 is 0 Å². The maximum Gasteiger partial charge on any atom is 0.242 e. The van der Waals surface area contributed by atoms with E-state index in [0.29, 0.717) is 0 Å². The summed E-state index contributed by atoms with van der Waals surface area (Å²) < 4.78 is 5.59. The van der Waals surface area contributed by atoms with Crippen LogP contribution in [0.4, 0.5) is 5.69 Å². The van der Waals surface area contributed by atoms with Crippen molar-refractivity contribution in [2.24, 2.45) is 0 Å². The minimum Gasteiger partial charge on any atom is -0.491 e. The standard InChI is InChI=1S/C15H22N2O2/c1-11(2)19-13-8-6-12(7-9-13)17-14-5-3-4-10-16-15(14)18/h6-9,11,14,17H,3-5,10H2,1-2H3,(H,16,18). The molecule has 4 nitrogen and oxygen atoms in total. The summed E-state index contributed by atoms with van der Waals surface area (Å²) in [5.74, 6) is 0.950. The Bertz CT molecular complexity index is 415. The van der Waals surface area contributed by atoms with Gasteiger partial charge in [0.25, 0.3) is 0 Å². The third-order valence-electron chi connectivity index (χ3n) is 3.10. The summed E-state index contributed by atoms with van der Waals surface area (Å²) in [6.45, 7) is 4.79. The summed E-state index contributed by atoms with van der Waals surface area (Å²) >= 11 is 0. The number of anilines is 1. The highest BCUT2D eigenvalue weighted by Crippen LogP contribution is 2.19. The van der Waals surface area contributed by atoms with Crippen LogP contribution in [0.5, 0.6) is 5.75 Å². The van der Waals surface area contributed by atoms with E-state index in [9.17, 15) is 4.79 Å². The summed E-state index contributed by atoms with van der Waals surface area (Å²) in [4.78, 5) is 11.8. The van der Waals surface area contributed by atoms with Gasteiger partial charge in [0.1, 0.15) is 11.8 Å². The van der Waals surface area contributed by atoms with Crippen molar-refractivity contribution in [3.8, 4) is 5.75 Å². The zero-order valence-electron chi connectivity index (χ0n) is 11.6. The van der Waals surface area contributed by atoms with Gasteiger partial charge in [0.2, 0.25) is 5.91 Å². The number of ether oxygens (including phenoxy) is 1. The lowest BCUT2D eigenvalue weighted by molar-refractivity contribution is -0.121. The first-order chi connectivity index (χ1) is 9.15. The van der Waals surface area contributed by atoms with E-state index >= 15 is 0 Å². The summed E-state index contributed by atoms with van der Waals surface area (Å²) in [5, 5.41) is 6.21. The predicted octanol–water partition coefficient (Wildman–Crippen LogP) is 2.55. The van der Waals surface area contributed by atoms with Gasteiger partial charge in [0, 0.05) is 12.2 Å². The first-order valence-electron chi connectivity index (χ1n) is 6.96. The van der Waals surface area contributed by atoms with Crippen molar-refractivity contribution in [2.75, 3.05) is 11.9 Å². The van der Waals surface area contributed by atoms with Crippen LogP contribution in [-0.4, -0.2) is 24.6 Å². The van der Waals surface area contributed by atoms with Gasteiger partial charge in [-0.1, -0.05) is 0 Å². The van der Waals surface area contributed by atoms with E-state index in [0.717, 1.165) is 37.2 Å². The highest BCUT2D eigenvalue weighted by molar-refractivity contribution is 5.84. The molecule has 4 heteroatoms. The smallest absolute Gasteiger partial charge is 0.242 e. The number of amides is 1. The van der Waals surface area contributed by atoms with Gasteiger partial charge < -0.3 is 15.4 Å². The van der Waals surface area contributed by atoms with Crippen LogP contribution in [0.15, 0.2) is 24.3 Å². The Morgan fingerprint density at radius 1 is 1.26 bits per heavy atom. The maximum atomic E-state index is 11.8. The fraction of sp³-hybridized carbons (Fsp3) is 0.533. The quantitative estimate of drug-likeness (QED) is 0.876. The molecule has 1 fully saturated rings. The Kier molecular flexibility index (Phi) is 4.66. The molecule has 1 aliphatic rings. The maximum absolute atomic E-state index is 11.8. The van der Waals surface area contributed by atoms with Gasteiger partial charge in [-0.15, -0.1) is 0 Å². The fourth-order valence-corrected chi connectivity index (χ4v) is 2.18. The second-order valence-electron chi connectivity index (χ2n) is 5.17. The molecule has 1 unspecified atom stereocenters. The lowest BCUT2D eigenvalue weighted by Gasteiger charge is -2.17. The Morgan fingerprint density at radius 3 is 2.68 bits per heavy atom. The van der Waals surface area contributed by atoms with Crippen LogP contribution >= 0.6 is 0 Å². The van der Waals surface area contributed by atoms with Crippen LogP contribution in [-0.2, 0) is 4.79 Å².